The maximum Gasteiger partial charge on any atom is 0.237 e. The van der Waals surface area contributed by atoms with E-state index in [2.05, 4.69) is 29.1 Å². The van der Waals surface area contributed by atoms with Gasteiger partial charge in [0, 0.05) is 19.5 Å². The lowest BCUT2D eigenvalue weighted by Crippen LogP contribution is -2.42. The van der Waals surface area contributed by atoms with E-state index in [0.717, 1.165) is 13.0 Å². The highest BCUT2D eigenvalue weighted by molar-refractivity contribution is 5.81. The fraction of sp³-hybridized carbons (Fsp3) is 0.545. The average molecular weight is 194 g/mol. The molecule has 0 saturated heterocycles. The third-order valence-corrected chi connectivity index (χ3v) is 1.69. The second-order valence-corrected chi connectivity index (χ2v) is 2.89. The van der Waals surface area contributed by atoms with Crippen molar-refractivity contribution in [2.24, 2.45) is 0 Å². The summed E-state index contributed by atoms with van der Waals surface area (Å²) in [6.45, 7) is 8.42. The molecule has 1 atom stereocenters. The van der Waals surface area contributed by atoms with Crippen LogP contribution in [0.25, 0.3) is 0 Å². The van der Waals surface area contributed by atoms with Crippen molar-refractivity contribution in [3.8, 4) is 11.8 Å². The molecular weight excluding hydrogens is 176 g/mol. The first-order chi connectivity index (χ1) is 6.72. The first-order valence-corrected chi connectivity index (χ1v) is 4.74. The van der Waals surface area contributed by atoms with E-state index in [-0.39, 0.29) is 11.9 Å². The van der Waals surface area contributed by atoms with Crippen LogP contribution in [-0.2, 0) is 4.79 Å². The van der Waals surface area contributed by atoms with Crippen LogP contribution in [0, 0.1) is 11.8 Å². The van der Waals surface area contributed by atoms with Gasteiger partial charge in [-0.1, -0.05) is 6.08 Å². The van der Waals surface area contributed by atoms with Gasteiger partial charge in [-0.15, -0.1) is 18.4 Å². The molecule has 2 N–H and O–H groups in total. The van der Waals surface area contributed by atoms with Crippen molar-refractivity contribution in [1.82, 2.24) is 10.6 Å². The van der Waals surface area contributed by atoms with Crippen molar-refractivity contribution in [2.75, 3.05) is 13.1 Å². The summed E-state index contributed by atoms with van der Waals surface area (Å²) in [5.41, 5.74) is 0. The van der Waals surface area contributed by atoms with Gasteiger partial charge >= 0.3 is 0 Å². The standard InChI is InChI=1S/C11H18N2O/c1-4-6-7-9-12-10(3)11(14)13-8-5-2/h5,10,12H,2,7-9H2,1,3H3,(H,13,14). The van der Waals surface area contributed by atoms with Crippen LogP contribution >= 0.6 is 0 Å². The Morgan fingerprint density at radius 1 is 1.64 bits per heavy atom. The fourth-order valence-electron chi connectivity index (χ4n) is 0.895. The summed E-state index contributed by atoms with van der Waals surface area (Å²) in [6, 6.07) is -0.173. The Balaban J connectivity index is 3.59. The largest absolute Gasteiger partial charge is 0.351 e. The summed E-state index contributed by atoms with van der Waals surface area (Å²) >= 11 is 0. The number of nitrogens with one attached hydrogen (secondary N) is 2. The number of amides is 1. The van der Waals surface area contributed by atoms with E-state index in [1.807, 2.05) is 6.92 Å². The Labute approximate surface area is 86.0 Å². The Kier molecular flexibility index (Phi) is 7.58. The van der Waals surface area contributed by atoms with Gasteiger partial charge in [-0.25, -0.2) is 0 Å². The maximum atomic E-state index is 11.3. The molecule has 0 bridgehead atoms. The molecule has 14 heavy (non-hydrogen) atoms. The van der Waals surface area contributed by atoms with Gasteiger partial charge in [0.05, 0.1) is 6.04 Å². The van der Waals surface area contributed by atoms with E-state index < -0.39 is 0 Å². The number of rotatable bonds is 6. The highest BCUT2D eigenvalue weighted by Gasteiger charge is 2.09. The van der Waals surface area contributed by atoms with Crippen LogP contribution in [0.15, 0.2) is 12.7 Å². The lowest BCUT2D eigenvalue weighted by Gasteiger charge is -2.11. The first-order valence-electron chi connectivity index (χ1n) is 4.74. The molecule has 3 nitrogen and oxygen atoms in total. The van der Waals surface area contributed by atoms with Gasteiger partial charge in [0.2, 0.25) is 5.91 Å². The van der Waals surface area contributed by atoms with Crippen molar-refractivity contribution in [1.29, 1.82) is 0 Å². The molecule has 0 fully saturated rings. The summed E-state index contributed by atoms with van der Waals surface area (Å²) in [5.74, 6) is 5.72. The molecule has 0 aliphatic rings. The van der Waals surface area contributed by atoms with Gasteiger partial charge in [-0.2, -0.15) is 0 Å². The van der Waals surface area contributed by atoms with Crippen LogP contribution in [0.4, 0.5) is 0 Å². The summed E-state index contributed by atoms with van der Waals surface area (Å²) < 4.78 is 0. The molecule has 0 heterocycles. The molecule has 0 saturated carbocycles. The highest BCUT2D eigenvalue weighted by atomic mass is 16.2. The van der Waals surface area contributed by atoms with Gasteiger partial charge in [0.15, 0.2) is 0 Å². The second-order valence-electron chi connectivity index (χ2n) is 2.89. The van der Waals surface area contributed by atoms with Crippen LogP contribution in [0.5, 0.6) is 0 Å². The molecule has 0 aliphatic carbocycles. The minimum absolute atomic E-state index is 0.00522. The summed E-state index contributed by atoms with van der Waals surface area (Å²) in [6.07, 6.45) is 2.43. The smallest absolute Gasteiger partial charge is 0.237 e. The number of carbonyl (C=O) groups excluding carboxylic acids is 1. The lowest BCUT2D eigenvalue weighted by molar-refractivity contribution is -0.122. The van der Waals surface area contributed by atoms with E-state index in [9.17, 15) is 4.79 Å². The van der Waals surface area contributed by atoms with E-state index in [1.54, 1.807) is 13.0 Å². The zero-order valence-electron chi connectivity index (χ0n) is 8.89. The minimum atomic E-state index is -0.173. The van der Waals surface area contributed by atoms with Crippen molar-refractivity contribution in [3.63, 3.8) is 0 Å². The van der Waals surface area contributed by atoms with Gasteiger partial charge in [-0.05, 0) is 13.8 Å². The zero-order chi connectivity index (χ0) is 10.8. The predicted molar refractivity (Wildman–Crippen MR) is 58.7 cm³/mol. The topological polar surface area (TPSA) is 41.1 Å². The lowest BCUT2D eigenvalue weighted by atomic mass is 10.3. The Morgan fingerprint density at radius 3 is 2.93 bits per heavy atom. The molecule has 0 rings (SSSR count). The van der Waals surface area contributed by atoms with Crippen molar-refractivity contribution in [2.45, 2.75) is 26.3 Å². The molecule has 0 aromatic rings. The molecule has 1 unspecified atom stereocenters. The molecule has 0 radical (unpaired) electrons. The van der Waals surface area contributed by atoms with Crippen molar-refractivity contribution in [3.05, 3.63) is 12.7 Å². The van der Waals surface area contributed by atoms with Crippen LogP contribution in [0.1, 0.15) is 20.3 Å². The maximum absolute atomic E-state index is 11.3. The highest BCUT2D eigenvalue weighted by Crippen LogP contribution is 1.82. The van der Waals surface area contributed by atoms with Crippen LogP contribution in [0.3, 0.4) is 0 Å². The Hall–Kier alpha value is -1.27. The molecule has 0 aliphatic heterocycles. The molecule has 0 spiro atoms. The number of hydrogen-bond acceptors (Lipinski definition) is 2. The third kappa shape index (κ3) is 6.27. The van der Waals surface area contributed by atoms with Crippen molar-refractivity contribution >= 4 is 5.91 Å². The second kappa shape index (κ2) is 8.33. The SMILES string of the molecule is C=CCNC(=O)C(C)NCCC#CC. The van der Waals surface area contributed by atoms with E-state index in [1.165, 1.54) is 0 Å². The molecule has 3 heteroatoms. The number of carbonyl (C=O) groups is 1. The molecule has 0 aromatic heterocycles. The molecular formula is C11H18N2O. The van der Waals surface area contributed by atoms with Crippen LogP contribution in [-0.4, -0.2) is 25.0 Å². The quantitative estimate of drug-likeness (QED) is 0.371. The molecule has 0 aromatic carbocycles. The van der Waals surface area contributed by atoms with Gasteiger partial charge in [0.25, 0.3) is 0 Å². The van der Waals surface area contributed by atoms with Gasteiger partial charge in [0.1, 0.15) is 0 Å². The molecule has 78 valence electrons. The van der Waals surface area contributed by atoms with E-state index in [4.69, 9.17) is 0 Å². The van der Waals surface area contributed by atoms with Crippen LogP contribution < -0.4 is 10.6 Å². The monoisotopic (exact) mass is 194 g/mol. The van der Waals surface area contributed by atoms with Crippen LogP contribution in [0.2, 0.25) is 0 Å². The summed E-state index contributed by atoms with van der Waals surface area (Å²) in [7, 11) is 0. The minimum Gasteiger partial charge on any atom is -0.351 e. The van der Waals surface area contributed by atoms with Gasteiger partial charge < -0.3 is 10.6 Å². The average Bonchev–Trinajstić information content (AvgIpc) is 2.20. The van der Waals surface area contributed by atoms with E-state index in [0.29, 0.717) is 6.54 Å². The third-order valence-electron chi connectivity index (χ3n) is 1.69. The Bertz CT molecular complexity index is 237. The predicted octanol–water partition coefficient (Wildman–Crippen LogP) is 0.680. The normalized spacial score (nSPS) is 11.0. The summed E-state index contributed by atoms with van der Waals surface area (Å²) in [5, 5.41) is 5.79. The molecule has 1 amide bonds. The van der Waals surface area contributed by atoms with Gasteiger partial charge in [-0.3, -0.25) is 4.79 Å². The van der Waals surface area contributed by atoms with Crippen molar-refractivity contribution < 1.29 is 4.79 Å². The van der Waals surface area contributed by atoms with E-state index >= 15 is 0 Å². The fourth-order valence-corrected chi connectivity index (χ4v) is 0.895. The zero-order valence-corrected chi connectivity index (χ0v) is 8.89. The number of hydrogen-bond donors (Lipinski definition) is 2. The first kappa shape index (κ1) is 12.7. The Morgan fingerprint density at radius 2 is 2.36 bits per heavy atom. The summed E-state index contributed by atoms with van der Waals surface area (Å²) in [4.78, 5) is 11.3.